The summed E-state index contributed by atoms with van der Waals surface area (Å²) in [7, 11) is 0. The quantitative estimate of drug-likeness (QED) is 0.876. The first kappa shape index (κ1) is 14.4. The number of rotatable bonds is 5. The van der Waals surface area contributed by atoms with E-state index in [1.165, 1.54) is 0 Å². The first-order valence-corrected chi connectivity index (χ1v) is 6.92. The van der Waals surface area contributed by atoms with E-state index < -0.39 is 6.10 Å². The lowest BCUT2D eigenvalue weighted by atomic mass is 10.0. The van der Waals surface area contributed by atoms with Crippen molar-refractivity contribution in [2.24, 2.45) is 5.92 Å². The Morgan fingerprint density at radius 2 is 2.26 bits per heavy atom. The van der Waals surface area contributed by atoms with Gasteiger partial charge in [0, 0.05) is 25.6 Å². The van der Waals surface area contributed by atoms with Crippen molar-refractivity contribution >= 4 is 29.1 Å². The second-order valence-electron chi connectivity index (χ2n) is 4.58. The maximum atomic E-state index is 11.9. The second kappa shape index (κ2) is 6.46. The van der Waals surface area contributed by atoms with E-state index in [4.69, 9.17) is 27.9 Å². The normalized spacial score (nSPS) is 16.6. The maximum Gasteiger partial charge on any atom is 0.260 e. The molecule has 1 aromatic rings. The molecule has 1 aromatic carbocycles. The van der Waals surface area contributed by atoms with Crippen molar-refractivity contribution in [3.63, 3.8) is 0 Å². The number of ether oxygens (including phenoxy) is 1. The highest BCUT2D eigenvalue weighted by Gasteiger charge is 2.21. The molecule has 0 aromatic heterocycles. The zero-order valence-electron chi connectivity index (χ0n) is 10.6. The summed E-state index contributed by atoms with van der Waals surface area (Å²) < 4.78 is 5.53. The molecular formula is C13H16Cl2N2O2. The lowest BCUT2D eigenvalue weighted by molar-refractivity contribution is -0.127. The van der Waals surface area contributed by atoms with Crippen LogP contribution in [-0.2, 0) is 4.79 Å². The minimum atomic E-state index is -0.607. The molecule has 0 bridgehead atoms. The molecule has 1 unspecified atom stereocenters. The highest BCUT2D eigenvalue weighted by Crippen LogP contribution is 2.32. The third kappa shape index (κ3) is 3.75. The van der Waals surface area contributed by atoms with Crippen molar-refractivity contribution in [1.29, 1.82) is 0 Å². The number of carbonyl (C=O) groups is 1. The van der Waals surface area contributed by atoms with Gasteiger partial charge in [0.15, 0.2) is 6.10 Å². The fourth-order valence-corrected chi connectivity index (χ4v) is 2.04. The summed E-state index contributed by atoms with van der Waals surface area (Å²) in [5, 5.41) is 6.75. The molecule has 1 atom stereocenters. The Balaban J connectivity index is 1.86. The van der Waals surface area contributed by atoms with Crippen LogP contribution < -0.4 is 15.4 Å². The fourth-order valence-electron chi connectivity index (χ4n) is 1.70. The third-order valence-electron chi connectivity index (χ3n) is 3.02. The van der Waals surface area contributed by atoms with Crippen LogP contribution in [0.15, 0.2) is 18.2 Å². The van der Waals surface area contributed by atoms with E-state index in [2.05, 4.69) is 10.6 Å². The van der Waals surface area contributed by atoms with Crippen molar-refractivity contribution in [2.75, 3.05) is 19.6 Å². The number of benzene rings is 1. The van der Waals surface area contributed by atoms with E-state index >= 15 is 0 Å². The number of amides is 1. The van der Waals surface area contributed by atoms with Gasteiger partial charge in [-0.3, -0.25) is 4.79 Å². The van der Waals surface area contributed by atoms with Crippen molar-refractivity contribution in [2.45, 2.75) is 13.0 Å². The van der Waals surface area contributed by atoms with Gasteiger partial charge in [-0.15, -0.1) is 0 Å². The molecule has 2 rings (SSSR count). The molecule has 1 heterocycles. The molecule has 19 heavy (non-hydrogen) atoms. The average Bonchev–Trinajstić information content (AvgIpc) is 2.32. The Morgan fingerprint density at radius 1 is 1.53 bits per heavy atom. The Labute approximate surface area is 122 Å². The van der Waals surface area contributed by atoms with Gasteiger partial charge >= 0.3 is 0 Å². The third-order valence-corrected chi connectivity index (χ3v) is 3.82. The highest BCUT2D eigenvalue weighted by molar-refractivity contribution is 6.42. The predicted molar refractivity (Wildman–Crippen MR) is 75.9 cm³/mol. The zero-order valence-corrected chi connectivity index (χ0v) is 12.1. The van der Waals surface area contributed by atoms with Crippen LogP contribution in [0.5, 0.6) is 5.75 Å². The highest BCUT2D eigenvalue weighted by atomic mass is 35.5. The van der Waals surface area contributed by atoms with E-state index in [9.17, 15) is 4.79 Å². The van der Waals surface area contributed by atoms with Gasteiger partial charge in [-0.05, 0) is 19.1 Å². The molecule has 1 fully saturated rings. The van der Waals surface area contributed by atoms with E-state index in [1.54, 1.807) is 25.1 Å². The summed E-state index contributed by atoms with van der Waals surface area (Å²) in [4.78, 5) is 11.9. The Hall–Kier alpha value is -0.970. The predicted octanol–water partition coefficient (Wildman–Crippen LogP) is 2.10. The summed E-state index contributed by atoms with van der Waals surface area (Å²) >= 11 is 11.9. The SMILES string of the molecule is CC(Oc1cccc(Cl)c1Cl)C(=O)NCC1CNC1. The molecule has 0 aliphatic carbocycles. The molecule has 1 saturated heterocycles. The van der Waals surface area contributed by atoms with Crippen LogP contribution in [-0.4, -0.2) is 31.6 Å². The first-order valence-electron chi connectivity index (χ1n) is 6.17. The zero-order chi connectivity index (χ0) is 13.8. The molecule has 1 amide bonds. The number of hydrogen-bond donors (Lipinski definition) is 2. The molecule has 0 spiro atoms. The molecule has 0 radical (unpaired) electrons. The van der Waals surface area contributed by atoms with Crippen molar-refractivity contribution in [3.05, 3.63) is 28.2 Å². The number of halogens is 2. The molecule has 2 N–H and O–H groups in total. The van der Waals surface area contributed by atoms with Crippen LogP contribution in [0.4, 0.5) is 0 Å². The molecule has 4 nitrogen and oxygen atoms in total. The molecular weight excluding hydrogens is 287 g/mol. The summed E-state index contributed by atoms with van der Waals surface area (Å²) in [5.41, 5.74) is 0. The van der Waals surface area contributed by atoms with Gasteiger partial charge in [-0.1, -0.05) is 29.3 Å². The van der Waals surface area contributed by atoms with E-state index in [0.29, 0.717) is 28.3 Å². The summed E-state index contributed by atoms with van der Waals surface area (Å²) in [5.74, 6) is 0.788. The molecule has 1 aliphatic rings. The van der Waals surface area contributed by atoms with E-state index in [-0.39, 0.29) is 5.91 Å². The van der Waals surface area contributed by atoms with Crippen molar-refractivity contribution in [3.8, 4) is 5.75 Å². The van der Waals surface area contributed by atoms with Crippen LogP contribution in [0.2, 0.25) is 10.0 Å². The molecule has 0 saturated carbocycles. The summed E-state index contributed by atoms with van der Waals surface area (Å²) in [6.07, 6.45) is -0.607. The maximum absolute atomic E-state index is 11.9. The first-order chi connectivity index (χ1) is 9.08. The fraction of sp³-hybridized carbons (Fsp3) is 0.462. The van der Waals surface area contributed by atoms with E-state index in [0.717, 1.165) is 13.1 Å². The topological polar surface area (TPSA) is 50.4 Å². The van der Waals surface area contributed by atoms with Gasteiger partial charge in [-0.25, -0.2) is 0 Å². The van der Waals surface area contributed by atoms with Gasteiger partial charge in [-0.2, -0.15) is 0 Å². The number of nitrogens with one attached hydrogen (secondary N) is 2. The minimum absolute atomic E-state index is 0.150. The molecule has 6 heteroatoms. The Morgan fingerprint density at radius 3 is 2.89 bits per heavy atom. The summed E-state index contributed by atoms with van der Waals surface area (Å²) in [6, 6.07) is 5.09. The van der Waals surface area contributed by atoms with Gasteiger partial charge in [0.05, 0.1) is 5.02 Å². The smallest absolute Gasteiger partial charge is 0.260 e. The van der Waals surface area contributed by atoms with Crippen LogP contribution in [0.25, 0.3) is 0 Å². The number of hydrogen-bond acceptors (Lipinski definition) is 3. The second-order valence-corrected chi connectivity index (χ2v) is 5.37. The van der Waals surface area contributed by atoms with Gasteiger partial charge < -0.3 is 15.4 Å². The van der Waals surface area contributed by atoms with Crippen LogP contribution in [0.3, 0.4) is 0 Å². The largest absolute Gasteiger partial charge is 0.479 e. The monoisotopic (exact) mass is 302 g/mol. The van der Waals surface area contributed by atoms with Gasteiger partial charge in [0.2, 0.25) is 0 Å². The van der Waals surface area contributed by atoms with Crippen LogP contribution in [0, 0.1) is 5.92 Å². The van der Waals surface area contributed by atoms with Gasteiger partial charge in [0.1, 0.15) is 10.8 Å². The van der Waals surface area contributed by atoms with Crippen LogP contribution >= 0.6 is 23.2 Å². The van der Waals surface area contributed by atoms with Crippen LogP contribution in [0.1, 0.15) is 6.92 Å². The lowest BCUT2D eigenvalue weighted by Gasteiger charge is -2.27. The average molecular weight is 303 g/mol. The van der Waals surface area contributed by atoms with Crippen molar-refractivity contribution < 1.29 is 9.53 Å². The minimum Gasteiger partial charge on any atom is -0.479 e. The lowest BCUT2D eigenvalue weighted by Crippen LogP contribution is -2.49. The number of carbonyl (C=O) groups excluding carboxylic acids is 1. The van der Waals surface area contributed by atoms with Crippen molar-refractivity contribution in [1.82, 2.24) is 10.6 Å². The van der Waals surface area contributed by atoms with Gasteiger partial charge in [0.25, 0.3) is 5.91 Å². The molecule has 104 valence electrons. The Kier molecular flexibility index (Phi) is 4.91. The summed E-state index contributed by atoms with van der Waals surface area (Å²) in [6.45, 7) is 4.26. The standard InChI is InChI=1S/C13H16Cl2N2O2/c1-8(13(18)17-7-9-5-16-6-9)19-11-4-2-3-10(14)12(11)15/h2-4,8-9,16H,5-7H2,1H3,(H,17,18). The molecule has 1 aliphatic heterocycles. The Bertz CT molecular complexity index is 464. The van der Waals surface area contributed by atoms with E-state index in [1.807, 2.05) is 0 Å².